The van der Waals surface area contributed by atoms with Gasteiger partial charge < -0.3 is 15.1 Å². The molecule has 3 nitrogen and oxygen atoms in total. The summed E-state index contributed by atoms with van der Waals surface area (Å²) in [7, 11) is 6.33. The Labute approximate surface area is 231 Å². The lowest BCUT2D eigenvalue weighted by atomic mass is 9.69. The minimum absolute atomic E-state index is 0.369. The van der Waals surface area contributed by atoms with Crippen molar-refractivity contribution in [1.29, 1.82) is 0 Å². The Morgan fingerprint density at radius 1 is 0.769 bits per heavy atom. The van der Waals surface area contributed by atoms with Gasteiger partial charge in [-0.1, -0.05) is 104 Å². The van der Waals surface area contributed by atoms with Crippen molar-refractivity contribution in [1.82, 2.24) is 0 Å². The minimum Gasteiger partial charge on any atom is -0.388 e. The van der Waals surface area contributed by atoms with Crippen LogP contribution in [0.1, 0.15) is 18.1 Å². The topological polar surface area (TPSA) is 18.5 Å². The summed E-state index contributed by atoms with van der Waals surface area (Å²) in [6.07, 6.45) is 3.13. The highest BCUT2D eigenvalue weighted by molar-refractivity contribution is 6.04. The molecule has 0 aliphatic carbocycles. The number of nitrogens with one attached hydrogen (secondary N) is 1. The molecule has 5 aromatic carbocycles. The van der Waals surface area contributed by atoms with Crippen LogP contribution in [0.15, 0.2) is 127 Å². The molecule has 5 aromatic rings. The highest BCUT2D eigenvalue weighted by atomic mass is 15.4. The highest BCUT2D eigenvalue weighted by Crippen LogP contribution is 2.47. The van der Waals surface area contributed by atoms with E-state index in [9.17, 15) is 0 Å². The van der Waals surface area contributed by atoms with Gasteiger partial charge in [-0.3, -0.25) is 0 Å². The molecule has 0 bridgehead atoms. The molecule has 1 aliphatic rings. The molecular formula is C36H35N3. The van der Waals surface area contributed by atoms with E-state index in [-0.39, 0.29) is 5.41 Å². The fraction of sp³-hybridized carbons (Fsp3) is 0.167. The normalized spacial score (nSPS) is 15.5. The van der Waals surface area contributed by atoms with Crippen LogP contribution in [0.3, 0.4) is 0 Å². The Morgan fingerprint density at radius 3 is 2.10 bits per heavy atom. The summed E-state index contributed by atoms with van der Waals surface area (Å²) >= 11 is 0. The maximum atomic E-state index is 4.78. The van der Waals surface area contributed by atoms with E-state index in [2.05, 4.69) is 145 Å². The van der Waals surface area contributed by atoms with E-state index in [0.29, 0.717) is 0 Å². The van der Waals surface area contributed by atoms with E-state index < -0.39 is 0 Å². The van der Waals surface area contributed by atoms with E-state index in [0.717, 1.165) is 23.5 Å². The van der Waals surface area contributed by atoms with Crippen molar-refractivity contribution >= 4 is 38.6 Å². The summed E-state index contributed by atoms with van der Waals surface area (Å²) in [5, 5.41) is 8.50. The second-order valence-corrected chi connectivity index (χ2v) is 10.8. The zero-order chi connectivity index (χ0) is 27.1. The summed E-state index contributed by atoms with van der Waals surface area (Å²) in [5.41, 5.74) is 6.85. The molecule has 0 fully saturated rings. The van der Waals surface area contributed by atoms with Crippen molar-refractivity contribution in [2.45, 2.75) is 18.8 Å². The Bertz CT molecular complexity index is 1730. The molecule has 6 rings (SSSR count). The Morgan fingerprint density at radius 2 is 1.38 bits per heavy atom. The van der Waals surface area contributed by atoms with E-state index >= 15 is 0 Å². The standard InChI is InChI=1S/C36H35N3/c1-25(23-33-38(4)32-22-20-28-16-10-12-18-30(28)35(32)39(33)5)36(2,24-26-13-7-6-8-14-26)34-29-17-11-9-15-27(29)19-21-31(34)37-3/h6-23,37H,1,24H2,2-5H3/b33-23-. The SMILES string of the molecule is C=C(/C=C1/N(C)c2ccc3ccccc3c2N1C)C(C)(Cc1ccccc1)c1c(NC)ccc2ccccc12. The van der Waals surface area contributed by atoms with Gasteiger partial charge in [-0.2, -0.15) is 0 Å². The number of fused-ring (bicyclic) bond motifs is 4. The summed E-state index contributed by atoms with van der Waals surface area (Å²) in [6.45, 7) is 7.13. The van der Waals surface area contributed by atoms with Gasteiger partial charge in [0.25, 0.3) is 0 Å². The number of allylic oxidation sites excluding steroid dienone is 2. The molecule has 0 saturated carbocycles. The smallest absolute Gasteiger partial charge is 0.113 e. The molecule has 3 heteroatoms. The molecule has 1 N–H and O–H groups in total. The Balaban J connectivity index is 1.53. The van der Waals surface area contributed by atoms with Crippen LogP contribution in [-0.2, 0) is 11.8 Å². The third-order valence-corrected chi connectivity index (χ3v) is 8.43. The lowest BCUT2D eigenvalue weighted by molar-refractivity contribution is 0.573. The van der Waals surface area contributed by atoms with Crippen LogP contribution in [0.25, 0.3) is 21.5 Å². The maximum absolute atomic E-state index is 4.78. The molecule has 1 aliphatic heterocycles. The first-order chi connectivity index (χ1) is 18.9. The van der Waals surface area contributed by atoms with Gasteiger partial charge in [-0.15, -0.1) is 0 Å². The van der Waals surface area contributed by atoms with Crippen LogP contribution in [0.4, 0.5) is 17.1 Å². The Hall–Kier alpha value is -4.50. The number of rotatable bonds is 6. The van der Waals surface area contributed by atoms with E-state index in [1.165, 1.54) is 44.0 Å². The molecule has 0 amide bonds. The molecule has 0 aromatic heterocycles. The first-order valence-corrected chi connectivity index (χ1v) is 13.6. The minimum atomic E-state index is -0.369. The van der Waals surface area contributed by atoms with Crippen molar-refractivity contribution < 1.29 is 0 Å². The molecule has 1 unspecified atom stereocenters. The number of nitrogens with zero attached hydrogens (tertiary/aromatic N) is 2. The highest BCUT2D eigenvalue weighted by Gasteiger charge is 2.35. The molecule has 0 spiro atoms. The van der Waals surface area contributed by atoms with Crippen LogP contribution in [0.5, 0.6) is 0 Å². The molecular weight excluding hydrogens is 474 g/mol. The van der Waals surface area contributed by atoms with Gasteiger partial charge in [0.05, 0.1) is 11.4 Å². The zero-order valence-corrected chi connectivity index (χ0v) is 23.2. The molecule has 194 valence electrons. The first kappa shape index (κ1) is 24.8. The van der Waals surface area contributed by atoms with Crippen LogP contribution in [-0.4, -0.2) is 21.1 Å². The monoisotopic (exact) mass is 509 g/mol. The fourth-order valence-electron chi connectivity index (χ4n) is 6.28. The first-order valence-electron chi connectivity index (χ1n) is 13.6. The number of hydrogen-bond acceptors (Lipinski definition) is 3. The van der Waals surface area contributed by atoms with Crippen molar-refractivity contribution in [3.05, 3.63) is 138 Å². The van der Waals surface area contributed by atoms with E-state index in [1.54, 1.807) is 0 Å². The zero-order valence-electron chi connectivity index (χ0n) is 23.2. The lowest BCUT2D eigenvalue weighted by Crippen LogP contribution is -2.30. The second-order valence-electron chi connectivity index (χ2n) is 10.8. The van der Waals surface area contributed by atoms with Gasteiger partial charge >= 0.3 is 0 Å². The van der Waals surface area contributed by atoms with E-state index in [1.807, 2.05) is 7.05 Å². The third-order valence-electron chi connectivity index (χ3n) is 8.43. The summed E-state index contributed by atoms with van der Waals surface area (Å²) < 4.78 is 0. The van der Waals surface area contributed by atoms with Crippen LogP contribution in [0, 0.1) is 0 Å². The molecule has 0 radical (unpaired) electrons. The molecule has 1 atom stereocenters. The van der Waals surface area contributed by atoms with Crippen molar-refractivity contribution in [3.63, 3.8) is 0 Å². The predicted octanol–water partition coefficient (Wildman–Crippen LogP) is 8.52. The van der Waals surface area contributed by atoms with Crippen LogP contribution in [0.2, 0.25) is 0 Å². The van der Waals surface area contributed by atoms with Gasteiger partial charge in [0.15, 0.2) is 0 Å². The van der Waals surface area contributed by atoms with Crippen molar-refractivity contribution in [3.8, 4) is 0 Å². The number of hydrogen-bond donors (Lipinski definition) is 1. The quantitative estimate of drug-likeness (QED) is 0.247. The molecule has 1 heterocycles. The molecule has 39 heavy (non-hydrogen) atoms. The van der Waals surface area contributed by atoms with Gasteiger partial charge in [0.2, 0.25) is 0 Å². The maximum Gasteiger partial charge on any atom is 0.113 e. The van der Waals surface area contributed by atoms with Gasteiger partial charge in [0, 0.05) is 37.6 Å². The van der Waals surface area contributed by atoms with Crippen molar-refractivity contribution in [2.75, 3.05) is 36.3 Å². The summed E-state index contributed by atoms with van der Waals surface area (Å²) in [6, 6.07) is 36.9. The fourth-order valence-corrected chi connectivity index (χ4v) is 6.28. The third kappa shape index (κ3) is 4.06. The lowest BCUT2D eigenvalue weighted by Gasteiger charge is -2.35. The van der Waals surface area contributed by atoms with Gasteiger partial charge in [-0.25, -0.2) is 0 Å². The number of anilines is 3. The van der Waals surface area contributed by atoms with Gasteiger partial charge in [0.1, 0.15) is 5.82 Å². The average Bonchev–Trinajstić information content (AvgIpc) is 3.21. The van der Waals surface area contributed by atoms with Crippen LogP contribution >= 0.6 is 0 Å². The summed E-state index contributed by atoms with van der Waals surface area (Å²) in [4.78, 5) is 4.60. The average molecular weight is 510 g/mol. The predicted molar refractivity (Wildman–Crippen MR) is 169 cm³/mol. The molecule has 0 saturated heterocycles. The second kappa shape index (κ2) is 9.67. The Kier molecular flexibility index (Phi) is 6.15. The van der Waals surface area contributed by atoms with Crippen LogP contribution < -0.4 is 15.1 Å². The van der Waals surface area contributed by atoms with Gasteiger partial charge in [-0.05, 0) is 57.5 Å². The largest absolute Gasteiger partial charge is 0.388 e. The van der Waals surface area contributed by atoms with Crippen molar-refractivity contribution in [2.24, 2.45) is 0 Å². The summed E-state index contributed by atoms with van der Waals surface area (Å²) in [5.74, 6) is 1.12. The van der Waals surface area contributed by atoms with E-state index in [4.69, 9.17) is 6.58 Å². The number of benzene rings is 5.